The van der Waals surface area contributed by atoms with Crippen LogP contribution < -0.4 is 10.1 Å². The predicted molar refractivity (Wildman–Crippen MR) is 94.2 cm³/mol. The minimum Gasteiger partial charge on any atom is -0.490 e. The average molecular weight is 344 g/mol. The molecule has 2 aromatic carbocycles. The molecule has 0 unspecified atom stereocenters. The number of sulfone groups is 1. The summed E-state index contributed by atoms with van der Waals surface area (Å²) in [4.78, 5) is 0.286. The molecule has 6 heteroatoms. The average Bonchev–Trinajstić information content (AvgIpc) is 2.94. The second-order valence-corrected chi connectivity index (χ2v) is 7.40. The second kappa shape index (κ2) is 6.67. The van der Waals surface area contributed by atoms with E-state index in [1.807, 2.05) is 25.2 Å². The third-order valence-corrected chi connectivity index (χ3v) is 5.75. The Labute approximate surface area is 141 Å². The summed E-state index contributed by atoms with van der Waals surface area (Å²) in [6, 6.07) is 15.8. The van der Waals surface area contributed by atoms with Crippen molar-refractivity contribution < 1.29 is 13.2 Å². The van der Waals surface area contributed by atoms with Gasteiger partial charge in [-0.25, -0.2) is 8.42 Å². The lowest BCUT2D eigenvalue weighted by molar-refractivity contribution is 0.321. The van der Waals surface area contributed by atoms with E-state index in [0.29, 0.717) is 12.4 Å². The van der Waals surface area contributed by atoms with Crippen LogP contribution in [-0.2, 0) is 16.9 Å². The van der Waals surface area contributed by atoms with Crippen molar-refractivity contribution in [2.75, 3.05) is 20.2 Å². The van der Waals surface area contributed by atoms with Gasteiger partial charge in [-0.15, -0.1) is 0 Å². The summed E-state index contributed by atoms with van der Waals surface area (Å²) in [6.07, 6.45) is 0. The third kappa shape index (κ3) is 2.90. The quantitative estimate of drug-likeness (QED) is 0.698. The molecule has 1 aromatic heterocycles. The first kappa shape index (κ1) is 16.5. The Kier molecular flexibility index (Phi) is 4.59. The molecular weight excluding hydrogens is 324 g/mol. The number of ether oxygens (including phenoxy) is 1. The van der Waals surface area contributed by atoms with E-state index in [1.54, 1.807) is 48.0 Å². The van der Waals surface area contributed by atoms with Gasteiger partial charge in [0, 0.05) is 19.0 Å². The summed E-state index contributed by atoms with van der Waals surface area (Å²) < 4.78 is 33.3. The van der Waals surface area contributed by atoms with E-state index in [9.17, 15) is 8.42 Å². The molecule has 1 heterocycles. The van der Waals surface area contributed by atoms with E-state index in [0.717, 1.165) is 17.4 Å². The van der Waals surface area contributed by atoms with Gasteiger partial charge in [0.25, 0.3) is 0 Å². The van der Waals surface area contributed by atoms with E-state index in [2.05, 4.69) is 5.32 Å². The van der Waals surface area contributed by atoms with Gasteiger partial charge >= 0.3 is 0 Å². The summed E-state index contributed by atoms with van der Waals surface area (Å²) in [5.74, 6) is 0.680. The van der Waals surface area contributed by atoms with Crippen molar-refractivity contribution in [2.24, 2.45) is 7.05 Å². The third-order valence-electron chi connectivity index (χ3n) is 3.91. The minimum absolute atomic E-state index is 0.258. The molecule has 0 saturated carbocycles. The summed E-state index contributed by atoms with van der Waals surface area (Å²) in [5.41, 5.74) is 0.781. The number of benzene rings is 2. The molecule has 0 aliphatic rings. The highest BCUT2D eigenvalue weighted by Gasteiger charge is 2.23. The van der Waals surface area contributed by atoms with E-state index in [1.165, 1.54) is 0 Å². The van der Waals surface area contributed by atoms with Gasteiger partial charge in [0.15, 0.2) is 0 Å². The Balaban J connectivity index is 2.11. The van der Waals surface area contributed by atoms with Crippen LogP contribution >= 0.6 is 0 Å². The van der Waals surface area contributed by atoms with Crippen molar-refractivity contribution in [2.45, 2.75) is 9.92 Å². The van der Waals surface area contributed by atoms with Crippen molar-refractivity contribution in [1.82, 2.24) is 9.88 Å². The number of hydrogen-bond acceptors (Lipinski definition) is 4. The molecule has 1 N–H and O–H groups in total. The summed E-state index contributed by atoms with van der Waals surface area (Å²) >= 11 is 0. The molecule has 3 rings (SSSR count). The number of nitrogens with zero attached hydrogens (tertiary/aromatic N) is 1. The first-order valence-corrected chi connectivity index (χ1v) is 9.20. The van der Waals surface area contributed by atoms with Crippen LogP contribution in [0.3, 0.4) is 0 Å². The van der Waals surface area contributed by atoms with Gasteiger partial charge in [0.2, 0.25) is 9.84 Å². The molecule has 0 bridgehead atoms. The number of aromatic nitrogens is 1. The van der Waals surface area contributed by atoms with Crippen molar-refractivity contribution in [3.8, 4) is 5.75 Å². The highest BCUT2D eigenvalue weighted by atomic mass is 32.2. The van der Waals surface area contributed by atoms with Crippen LogP contribution in [0.4, 0.5) is 0 Å². The predicted octanol–water partition coefficient (Wildman–Crippen LogP) is 2.61. The van der Waals surface area contributed by atoms with Gasteiger partial charge in [-0.3, -0.25) is 0 Å². The van der Waals surface area contributed by atoms with Gasteiger partial charge in [-0.05, 0) is 31.3 Å². The van der Waals surface area contributed by atoms with E-state index >= 15 is 0 Å². The number of hydrogen-bond donors (Lipinski definition) is 1. The van der Waals surface area contributed by atoms with Crippen molar-refractivity contribution in [3.63, 3.8) is 0 Å². The molecule has 126 valence electrons. The molecule has 0 fully saturated rings. The summed E-state index contributed by atoms with van der Waals surface area (Å²) in [5, 5.41) is 4.12. The smallest absolute Gasteiger partial charge is 0.222 e. The van der Waals surface area contributed by atoms with E-state index < -0.39 is 9.84 Å². The highest BCUT2D eigenvalue weighted by molar-refractivity contribution is 7.91. The second-order valence-electron chi connectivity index (χ2n) is 5.50. The van der Waals surface area contributed by atoms with Crippen LogP contribution in [0, 0.1) is 0 Å². The van der Waals surface area contributed by atoms with E-state index in [4.69, 9.17) is 4.74 Å². The van der Waals surface area contributed by atoms with Crippen LogP contribution in [0.25, 0.3) is 10.9 Å². The Morgan fingerprint density at radius 1 is 1.08 bits per heavy atom. The number of aryl methyl sites for hydroxylation is 1. The first-order chi connectivity index (χ1) is 11.6. The van der Waals surface area contributed by atoms with Crippen LogP contribution in [-0.4, -0.2) is 33.2 Å². The molecule has 24 heavy (non-hydrogen) atoms. The van der Waals surface area contributed by atoms with Gasteiger partial charge in [0.05, 0.1) is 10.4 Å². The number of fused-ring (bicyclic) bond motifs is 1. The minimum atomic E-state index is -3.58. The largest absolute Gasteiger partial charge is 0.490 e. The Morgan fingerprint density at radius 2 is 1.83 bits per heavy atom. The van der Waals surface area contributed by atoms with Crippen LogP contribution in [0.2, 0.25) is 0 Å². The fraction of sp³-hybridized carbons (Fsp3) is 0.222. The Morgan fingerprint density at radius 3 is 2.54 bits per heavy atom. The molecule has 0 radical (unpaired) electrons. The summed E-state index contributed by atoms with van der Waals surface area (Å²) in [7, 11) is 0.0328. The van der Waals surface area contributed by atoms with Gasteiger partial charge in [0.1, 0.15) is 17.4 Å². The maximum atomic E-state index is 12.9. The van der Waals surface area contributed by atoms with Crippen molar-refractivity contribution >= 4 is 20.7 Å². The normalized spacial score (nSPS) is 11.8. The zero-order chi connectivity index (χ0) is 17.2. The van der Waals surface area contributed by atoms with E-state index in [-0.39, 0.29) is 9.92 Å². The fourth-order valence-electron chi connectivity index (χ4n) is 2.71. The Hall–Kier alpha value is -2.31. The zero-order valence-electron chi connectivity index (χ0n) is 13.7. The lowest BCUT2D eigenvalue weighted by Crippen LogP contribution is -2.16. The summed E-state index contributed by atoms with van der Waals surface area (Å²) in [6.45, 7) is 1.23. The first-order valence-electron chi connectivity index (χ1n) is 7.71. The number of para-hydroxylation sites is 1. The van der Waals surface area contributed by atoms with Crippen LogP contribution in [0.5, 0.6) is 5.75 Å². The number of likely N-dealkylation sites (N-methyl/N-ethyl adjacent to an activating group) is 1. The van der Waals surface area contributed by atoms with Gasteiger partial charge in [-0.2, -0.15) is 0 Å². The maximum absolute atomic E-state index is 12.9. The SMILES string of the molecule is CNCCOc1cccc2cc(S(=O)(=O)c3ccccc3)n(C)c12. The topological polar surface area (TPSA) is 60.3 Å². The molecule has 0 atom stereocenters. The molecular formula is C18H20N2O3S. The zero-order valence-corrected chi connectivity index (χ0v) is 14.5. The lowest BCUT2D eigenvalue weighted by Gasteiger charge is -2.10. The van der Waals surface area contributed by atoms with Gasteiger partial charge in [-0.1, -0.05) is 30.3 Å². The van der Waals surface area contributed by atoms with Crippen molar-refractivity contribution in [1.29, 1.82) is 0 Å². The maximum Gasteiger partial charge on any atom is 0.222 e. The molecule has 0 aliphatic carbocycles. The molecule has 0 amide bonds. The molecule has 0 saturated heterocycles. The molecule has 5 nitrogen and oxygen atoms in total. The highest BCUT2D eigenvalue weighted by Crippen LogP contribution is 2.32. The molecule has 0 spiro atoms. The monoisotopic (exact) mass is 344 g/mol. The van der Waals surface area contributed by atoms with Crippen LogP contribution in [0.1, 0.15) is 0 Å². The van der Waals surface area contributed by atoms with Crippen molar-refractivity contribution in [3.05, 3.63) is 54.6 Å². The molecule has 0 aliphatic heterocycles. The number of rotatable bonds is 6. The van der Waals surface area contributed by atoms with Crippen LogP contribution in [0.15, 0.2) is 64.5 Å². The standard InChI is InChI=1S/C18H20N2O3S/c1-19-11-12-23-16-10-6-7-14-13-17(20(2)18(14)16)24(21,22)15-8-4-3-5-9-15/h3-10,13,19H,11-12H2,1-2H3. The lowest BCUT2D eigenvalue weighted by atomic mass is 10.2. The number of nitrogens with one attached hydrogen (secondary N) is 1. The fourth-order valence-corrected chi connectivity index (χ4v) is 4.20. The Bertz CT molecular complexity index is 947. The molecule has 3 aromatic rings. The van der Waals surface area contributed by atoms with Gasteiger partial charge < -0.3 is 14.6 Å².